The maximum atomic E-state index is 5.60. The van der Waals surface area contributed by atoms with E-state index in [0.29, 0.717) is 11.6 Å². The van der Waals surface area contributed by atoms with Gasteiger partial charge >= 0.3 is 0 Å². The van der Waals surface area contributed by atoms with Crippen molar-refractivity contribution in [1.29, 1.82) is 0 Å². The topological polar surface area (TPSA) is 90.9 Å². The van der Waals surface area contributed by atoms with E-state index in [0.717, 1.165) is 11.3 Å². The second-order valence-electron chi connectivity index (χ2n) is 3.94. The first-order valence-electron chi connectivity index (χ1n) is 5.48. The first-order valence-corrected chi connectivity index (χ1v) is 5.48. The molecule has 2 heterocycles. The number of hydrogen-bond acceptors (Lipinski definition) is 6. The zero-order valence-electron chi connectivity index (χ0n) is 10.6. The summed E-state index contributed by atoms with van der Waals surface area (Å²) in [6.07, 6.45) is 5.12. The van der Waals surface area contributed by atoms with Gasteiger partial charge in [0, 0.05) is 19.4 Å². The number of aryl methyl sites for hydroxylation is 2. The number of methoxy groups -OCH3 is 1. The van der Waals surface area contributed by atoms with Crippen LogP contribution >= 0.6 is 0 Å². The summed E-state index contributed by atoms with van der Waals surface area (Å²) in [5.74, 6) is 6.82. The molecule has 0 aliphatic heterocycles. The van der Waals surface area contributed by atoms with E-state index in [1.54, 1.807) is 30.4 Å². The Hall–Kier alpha value is -1.99. The van der Waals surface area contributed by atoms with E-state index in [1.165, 1.54) is 0 Å². The maximum absolute atomic E-state index is 5.60. The smallest absolute Gasteiger partial charge is 0.162 e. The second-order valence-corrected chi connectivity index (χ2v) is 3.94. The van der Waals surface area contributed by atoms with Crippen LogP contribution < -0.4 is 16.0 Å². The summed E-state index contributed by atoms with van der Waals surface area (Å²) >= 11 is 0. The molecule has 7 nitrogen and oxygen atoms in total. The van der Waals surface area contributed by atoms with Crippen LogP contribution in [0.1, 0.15) is 23.1 Å². The largest absolute Gasteiger partial charge is 0.493 e. The van der Waals surface area contributed by atoms with Crippen molar-refractivity contribution in [3.8, 4) is 5.75 Å². The normalized spacial score (nSPS) is 12.4. The van der Waals surface area contributed by atoms with Crippen LogP contribution in [0.2, 0.25) is 0 Å². The second kappa shape index (κ2) is 5.11. The molecule has 0 aliphatic rings. The van der Waals surface area contributed by atoms with Gasteiger partial charge in [-0.1, -0.05) is 0 Å². The van der Waals surface area contributed by atoms with Crippen molar-refractivity contribution >= 4 is 0 Å². The average molecular weight is 248 g/mol. The molecule has 0 bridgehead atoms. The van der Waals surface area contributed by atoms with Crippen LogP contribution in [0.4, 0.5) is 0 Å². The fraction of sp³-hybridized carbons (Fsp3) is 0.364. The van der Waals surface area contributed by atoms with Crippen molar-refractivity contribution in [3.05, 3.63) is 35.7 Å². The number of rotatable bonds is 4. The quantitative estimate of drug-likeness (QED) is 0.588. The van der Waals surface area contributed by atoms with Crippen molar-refractivity contribution in [2.75, 3.05) is 7.11 Å². The highest BCUT2D eigenvalue weighted by Gasteiger charge is 2.23. The van der Waals surface area contributed by atoms with Crippen molar-refractivity contribution in [2.45, 2.75) is 13.0 Å². The van der Waals surface area contributed by atoms with E-state index < -0.39 is 0 Å². The van der Waals surface area contributed by atoms with Gasteiger partial charge in [0.25, 0.3) is 0 Å². The summed E-state index contributed by atoms with van der Waals surface area (Å²) in [6.45, 7) is 1.93. The third kappa shape index (κ3) is 2.18. The Kier molecular flexibility index (Phi) is 3.54. The van der Waals surface area contributed by atoms with Crippen LogP contribution in [0.5, 0.6) is 5.75 Å². The van der Waals surface area contributed by atoms with Crippen molar-refractivity contribution < 1.29 is 4.74 Å². The molecule has 0 amide bonds. The molecule has 0 aliphatic carbocycles. The Morgan fingerprint density at radius 2 is 2.00 bits per heavy atom. The number of nitrogens with two attached hydrogens (primary N) is 1. The summed E-state index contributed by atoms with van der Waals surface area (Å²) < 4.78 is 6.95. The molecule has 0 aromatic carbocycles. The van der Waals surface area contributed by atoms with Crippen LogP contribution in [-0.2, 0) is 7.05 Å². The van der Waals surface area contributed by atoms with E-state index in [2.05, 4.69) is 20.5 Å². The molecular weight excluding hydrogens is 232 g/mol. The number of ether oxygens (including phenoxy) is 1. The van der Waals surface area contributed by atoms with Gasteiger partial charge in [-0.15, -0.1) is 0 Å². The van der Waals surface area contributed by atoms with Gasteiger partial charge in [-0.2, -0.15) is 5.10 Å². The van der Waals surface area contributed by atoms with Gasteiger partial charge in [0.15, 0.2) is 11.6 Å². The summed E-state index contributed by atoms with van der Waals surface area (Å²) in [5.41, 5.74) is 4.46. The number of nitrogens with zero attached hydrogens (tertiary/aromatic N) is 4. The van der Waals surface area contributed by atoms with E-state index in [9.17, 15) is 0 Å². The fourth-order valence-corrected chi connectivity index (χ4v) is 1.74. The Bertz CT molecular complexity index is 521. The van der Waals surface area contributed by atoms with Gasteiger partial charge in [-0.3, -0.25) is 10.5 Å². The van der Waals surface area contributed by atoms with Gasteiger partial charge in [0.05, 0.1) is 13.3 Å². The molecule has 0 saturated carbocycles. The molecule has 0 radical (unpaired) electrons. The molecular formula is C11H16N6O. The first kappa shape index (κ1) is 12.5. The Morgan fingerprint density at radius 1 is 1.33 bits per heavy atom. The highest BCUT2D eigenvalue weighted by molar-refractivity contribution is 5.32. The lowest BCUT2D eigenvalue weighted by molar-refractivity contribution is 0.399. The monoisotopic (exact) mass is 248 g/mol. The minimum absolute atomic E-state index is 0.368. The molecule has 1 atom stereocenters. The van der Waals surface area contributed by atoms with Gasteiger partial charge in [0.1, 0.15) is 11.7 Å². The van der Waals surface area contributed by atoms with Gasteiger partial charge in [-0.05, 0) is 12.5 Å². The third-order valence-electron chi connectivity index (χ3n) is 2.67. The molecule has 7 heteroatoms. The molecule has 2 aromatic heterocycles. The summed E-state index contributed by atoms with van der Waals surface area (Å²) in [6, 6.07) is -0.368. The summed E-state index contributed by atoms with van der Waals surface area (Å²) in [4.78, 5) is 8.54. The molecule has 3 N–H and O–H groups in total. The SMILES string of the molecule is COc1cnn(C)c1C(NN)c1ncc(C)cn1. The van der Waals surface area contributed by atoms with E-state index in [-0.39, 0.29) is 6.04 Å². The van der Waals surface area contributed by atoms with Gasteiger partial charge < -0.3 is 4.74 Å². The standard InChI is InChI=1S/C11H16N6O/c1-7-4-13-11(14-5-7)9(16-12)10-8(18-3)6-15-17(10)2/h4-6,9,16H,12H2,1-3H3. The van der Waals surface area contributed by atoms with Crippen LogP contribution in [0.3, 0.4) is 0 Å². The number of nitrogens with one attached hydrogen (secondary N) is 1. The Labute approximate surface area is 105 Å². The first-order chi connectivity index (χ1) is 8.67. The molecule has 2 rings (SSSR count). The van der Waals surface area contributed by atoms with Crippen LogP contribution in [-0.4, -0.2) is 26.9 Å². The molecule has 0 spiro atoms. The predicted molar refractivity (Wildman–Crippen MR) is 65.7 cm³/mol. The van der Waals surface area contributed by atoms with Gasteiger partial charge in [-0.25, -0.2) is 15.4 Å². The molecule has 1 unspecified atom stereocenters. The minimum Gasteiger partial charge on any atom is -0.493 e. The van der Waals surface area contributed by atoms with E-state index in [4.69, 9.17) is 10.6 Å². The minimum atomic E-state index is -0.368. The van der Waals surface area contributed by atoms with E-state index >= 15 is 0 Å². The molecule has 2 aromatic rings. The van der Waals surface area contributed by atoms with Crippen molar-refractivity contribution in [1.82, 2.24) is 25.2 Å². The molecule has 0 saturated heterocycles. The number of hydrogen-bond donors (Lipinski definition) is 2. The number of aromatic nitrogens is 4. The van der Waals surface area contributed by atoms with Crippen LogP contribution in [0.25, 0.3) is 0 Å². The zero-order chi connectivity index (χ0) is 13.1. The molecule has 18 heavy (non-hydrogen) atoms. The summed E-state index contributed by atoms with van der Waals surface area (Å²) in [5, 5.41) is 4.14. The van der Waals surface area contributed by atoms with Crippen molar-refractivity contribution in [2.24, 2.45) is 12.9 Å². The van der Waals surface area contributed by atoms with E-state index in [1.807, 2.05) is 14.0 Å². The Morgan fingerprint density at radius 3 is 2.56 bits per heavy atom. The highest BCUT2D eigenvalue weighted by atomic mass is 16.5. The lowest BCUT2D eigenvalue weighted by Gasteiger charge is -2.16. The molecule has 96 valence electrons. The van der Waals surface area contributed by atoms with Crippen molar-refractivity contribution in [3.63, 3.8) is 0 Å². The Balaban J connectivity index is 2.44. The predicted octanol–water partition coefficient (Wildman–Crippen LogP) is 0.0798. The zero-order valence-corrected chi connectivity index (χ0v) is 10.6. The third-order valence-corrected chi connectivity index (χ3v) is 2.67. The fourth-order valence-electron chi connectivity index (χ4n) is 1.74. The molecule has 0 fully saturated rings. The highest BCUT2D eigenvalue weighted by Crippen LogP contribution is 2.26. The summed E-state index contributed by atoms with van der Waals surface area (Å²) in [7, 11) is 3.40. The van der Waals surface area contributed by atoms with Crippen LogP contribution in [0.15, 0.2) is 18.6 Å². The van der Waals surface area contributed by atoms with Gasteiger partial charge in [0.2, 0.25) is 0 Å². The maximum Gasteiger partial charge on any atom is 0.162 e. The number of hydrazine groups is 1. The van der Waals surface area contributed by atoms with Crippen LogP contribution in [0, 0.1) is 6.92 Å². The average Bonchev–Trinajstić information content (AvgIpc) is 2.74. The lowest BCUT2D eigenvalue weighted by atomic mass is 10.2. The lowest BCUT2D eigenvalue weighted by Crippen LogP contribution is -2.32.